The molecule has 0 spiro atoms. The van der Waals surface area contributed by atoms with Crippen molar-refractivity contribution in [2.24, 2.45) is 0 Å². The number of hydrogen-bond acceptors (Lipinski definition) is 3. The Morgan fingerprint density at radius 3 is 2.70 bits per heavy atom. The number of halogens is 2. The zero-order chi connectivity index (χ0) is 14.5. The number of benzene rings is 1. The van der Waals surface area contributed by atoms with Crippen LogP contribution in [0.1, 0.15) is 30.4 Å². The molecule has 5 heteroatoms. The maximum absolute atomic E-state index is 13.9. The van der Waals surface area contributed by atoms with E-state index in [1.807, 2.05) is 6.92 Å². The highest BCUT2D eigenvalue weighted by atomic mass is 19.1. The Morgan fingerprint density at radius 2 is 2.00 bits per heavy atom. The monoisotopic (exact) mass is 277 g/mol. The summed E-state index contributed by atoms with van der Waals surface area (Å²) in [5, 5.41) is 2.94. The highest BCUT2D eigenvalue weighted by Crippen LogP contribution is 2.16. The van der Waals surface area contributed by atoms with Gasteiger partial charge in [-0.2, -0.15) is 0 Å². The fourth-order valence-electron chi connectivity index (χ4n) is 1.89. The smallest absolute Gasteiger partial charge is 0.186 e. The van der Waals surface area contributed by atoms with Gasteiger partial charge >= 0.3 is 0 Å². The van der Waals surface area contributed by atoms with Gasteiger partial charge in [0, 0.05) is 13.0 Å². The fourth-order valence-corrected chi connectivity index (χ4v) is 1.89. The largest absolute Gasteiger partial charge is 0.368 e. The van der Waals surface area contributed by atoms with E-state index in [0.29, 0.717) is 24.5 Å². The molecule has 3 nitrogen and oxygen atoms in total. The quantitative estimate of drug-likeness (QED) is 0.909. The van der Waals surface area contributed by atoms with Crippen LogP contribution in [0.4, 0.5) is 14.6 Å². The summed E-state index contributed by atoms with van der Waals surface area (Å²) >= 11 is 0. The first kappa shape index (κ1) is 14.4. The van der Waals surface area contributed by atoms with E-state index < -0.39 is 5.82 Å². The van der Waals surface area contributed by atoms with Gasteiger partial charge in [0.05, 0.1) is 5.69 Å². The van der Waals surface area contributed by atoms with Crippen molar-refractivity contribution in [3.05, 3.63) is 53.0 Å². The lowest BCUT2D eigenvalue weighted by Crippen LogP contribution is -2.10. The van der Waals surface area contributed by atoms with E-state index in [-0.39, 0.29) is 11.6 Å². The molecule has 0 unspecified atom stereocenters. The topological polar surface area (TPSA) is 37.8 Å². The lowest BCUT2D eigenvalue weighted by molar-refractivity contribution is 0.600. The van der Waals surface area contributed by atoms with Gasteiger partial charge in [-0.05, 0) is 31.0 Å². The van der Waals surface area contributed by atoms with Crippen molar-refractivity contribution in [2.75, 3.05) is 11.9 Å². The molecule has 0 aliphatic rings. The molecular formula is C15H17F2N3. The van der Waals surface area contributed by atoms with E-state index in [2.05, 4.69) is 15.3 Å². The van der Waals surface area contributed by atoms with Crippen LogP contribution in [0.2, 0.25) is 0 Å². The molecule has 0 fully saturated rings. The van der Waals surface area contributed by atoms with Crippen LogP contribution in [-0.4, -0.2) is 16.5 Å². The first-order valence-corrected chi connectivity index (χ1v) is 6.61. The highest BCUT2D eigenvalue weighted by molar-refractivity contribution is 5.38. The molecule has 0 bridgehead atoms. The second-order valence-electron chi connectivity index (χ2n) is 4.62. The Kier molecular flexibility index (Phi) is 4.61. The van der Waals surface area contributed by atoms with Crippen molar-refractivity contribution < 1.29 is 8.78 Å². The lowest BCUT2D eigenvalue weighted by Gasteiger charge is -2.09. The van der Waals surface area contributed by atoms with Gasteiger partial charge in [-0.3, -0.25) is 0 Å². The predicted molar refractivity (Wildman–Crippen MR) is 74.7 cm³/mol. The van der Waals surface area contributed by atoms with Crippen LogP contribution in [-0.2, 0) is 6.42 Å². The summed E-state index contributed by atoms with van der Waals surface area (Å²) < 4.78 is 27.0. The second-order valence-corrected chi connectivity index (χ2v) is 4.62. The van der Waals surface area contributed by atoms with Gasteiger partial charge < -0.3 is 5.32 Å². The Morgan fingerprint density at radius 1 is 1.20 bits per heavy atom. The minimum atomic E-state index is -0.429. The fraction of sp³-hybridized carbons (Fsp3) is 0.333. The van der Waals surface area contributed by atoms with Gasteiger partial charge in [0.15, 0.2) is 11.6 Å². The van der Waals surface area contributed by atoms with Gasteiger partial charge in [-0.15, -0.1) is 0 Å². The van der Waals surface area contributed by atoms with E-state index in [1.165, 1.54) is 12.1 Å². The summed E-state index contributed by atoms with van der Waals surface area (Å²) in [7, 11) is 0. The van der Waals surface area contributed by atoms with E-state index in [9.17, 15) is 8.78 Å². The van der Waals surface area contributed by atoms with E-state index >= 15 is 0 Å². The van der Waals surface area contributed by atoms with Crippen LogP contribution in [0.3, 0.4) is 0 Å². The van der Waals surface area contributed by atoms with Crippen molar-refractivity contribution in [1.82, 2.24) is 9.97 Å². The standard InChI is InChI=1S/C15H17F2N3/c1-3-7-18-15-14(17)10(2)19-13(20-15)9-11-5-4-6-12(16)8-11/h4-6,8H,3,7,9H2,1-2H3,(H,18,19,20). The van der Waals surface area contributed by atoms with Gasteiger partial charge in [0.2, 0.25) is 0 Å². The van der Waals surface area contributed by atoms with Crippen LogP contribution >= 0.6 is 0 Å². The molecule has 0 aliphatic heterocycles. The zero-order valence-corrected chi connectivity index (χ0v) is 11.6. The molecule has 0 amide bonds. The van der Waals surface area contributed by atoms with Gasteiger partial charge in [-0.25, -0.2) is 18.7 Å². The van der Waals surface area contributed by atoms with Crippen LogP contribution in [0.5, 0.6) is 0 Å². The Balaban J connectivity index is 2.25. The molecule has 0 atom stereocenters. The number of aromatic nitrogens is 2. The van der Waals surface area contributed by atoms with Gasteiger partial charge in [0.1, 0.15) is 11.6 Å². The molecule has 20 heavy (non-hydrogen) atoms. The van der Waals surface area contributed by atoms with E-state index in [4.69, 9.17) is 0 Å². The number of anilines is 1. The van der Waals surface area contributed by atoms with Crippen LogP contribution < -0.4 is 5.32 Å². The molecule has 0 saturated carbocycles. The molecule has 0 saturated heterocycles. The first-order chi connectivity index (χ1) is 9.60. The molecule has 0 aliphatic carbocycles. The SMILES string of the molecule is CCCNc1nc(Cc2cccc(F)c2)nc(C)c1F. The summed E-state index contributed by atoms with van der Waals surface area (Å²) in [6.45, 7) is 4.24. The number of hydrogen-bond donors (Lipinski definition) is 1. The maximum Gasteiger partial charge on any atom is 0.186 e. The molecule has 1 heterocycles. The van der Waals surface area contributed by atoms with Crippen LogP contribution in [0.25, 0.3) is 0 Å². The molecule has 2 aromatic rings. The minimum Gasteiger partial charge on any atom is -0.368 e. The number of nitrogens with one attached hydrogen (secondary N) is 1. The van der Waals surface area contributed by atoms with Crippen molar-refractivity contribution in [3.63, 3.8) is 0 Å². The average Bonchev–Trinajstić information content (AvgIpc) is 2.41. The molecule has 1 N–H and O–H groups in total. The van der Waals surface area contributed by atoms with E-state index in [1.54, 1.807) is 19.1 Å². The zero-order valence-electron chi connectivity index (χ0n) is 11.6. The van der Waals surface area contributed by atoms with Crippen molar-refractivity contribution in [3.8, 4) is 0 Å². The number of nitrogens with zero attached hydrogens (tertiary/aromatic N) is 2. The molecule has 1 aromatic heterocycles. The van der Waals surface area contributed by atoms with Crippen molar-refractivity contribution >= 4 is 5.82 Å². The van der Waals surface area contributed by atoms with Gasteiger partial charge in [0.25, 0.3) is 0 Å². The summed E-state index contributed by atoms with van der Waals surface area (Å²) in [5.74, 6) is -0.0361. The lowest BCUT2D eigenvalue weighted by atomic mass is 10.1. The maximum atomic E-state index is 13.9. The number of rotatable bonds is 5. The Bertz CT molecular complexity index is 600. The molecule has 1 aromatic carbocycles. The third kappa shape index (κ3) is 3.50. The Labute approximate surface area is 117 Å². The average molecular weight is 277 g/mol. The summed E-state index contributed by atoms with van der Waals surface area (Å²) in [6, 6.07) is 6.25. The third-order valence-electron chi connectivity index (χ3n) is 2.86. The second kappa shape index (κ2) is 6.41. The van der Waals surface area contributed by atoms with Crippen molar-refractivity contribution in [2.45, 2.75) is 26.7 Å². The third-order valence-corrected chi connectivity index (χ3v) is 2.86. The van der Waals surface area contributed by atoms with Gasteiger partial charge in [-0.1, -0.05) is 19.1 Å². The molecular weight excluding hydrogens is 260 g/mol. The van der Waals surface area contributed by atoms with E-state index in [0.717, 1.165) is 12.0 Å². The Hall–Kier alpha value is -2.04. The summed E-state index contributed by atoms with van der Waals surface area (Å²) in [4.78, 5) is 8.29. The molecule has 2 rings (SSSR count). The number of aryl methyl sites for hydroxylation is 1. The minimum absolute atomic E-state index is 0.214. The normalized spacial score (nSPS) is 10.6. The van der Waals surface area contributed by atoms with Crippen LogP contribution in [0, 0.1) is 18.6 Å². The van der Waals surface area contributed by atoms with Crippen molar-refractivity contribution in [1.29, 1.82) is 0 Å². The molecule has 0 radical (unpaired) electrons. The predicted octanol–water partition coefficient (Wildman–Crippen LogP) is 3.48. The van der Waals surface area contributed by atoms with Crippen LogP contribution in [0.15, 0.2) is 24.3 Å². The molecule has 106 valence electrons. The summed E-state index contributed by atoms with van der Waals surface area (Å²) in [6.07, 6.45) is 1.25. The summed E-state index contributed by atoms with van der Waals surface area (Å²) in [5.41, 5.74) is 1.06. The first-order valence-electron chi connectivity index (χ1n) is 6.61. The highest BCUT2D eigenvalue weighted by Gasteiger charge is 2.11.